The van der Waals surface area contributed by atoms with Gasteiger partial charge in [0.2, 0.25) is 11.8 Å². The molecule has 0 saturated carbocycles. The Kier molecular flexibility index (Phi) is 5.93. The smallest absolute Gasteiger partial charge is 0.242 e. The van der Waals surface area contributed by atoms with Gasteiger partial charge in [0.25, 0.3) is 0 Å². The molecular formula is C18H24N2O5S. The van der Waals surface area contributed by atoms with Gasteiger partial charge >= 0.3 is 0 Å². The summed E-state index contributed by atoms with van der Waals surface area (Å²) in [5.74, 6) is 1.19. The molecule has 2 aliphatic rings. The van der Waals surface area contributed by atoms with Crippen molar-refractivity contribution in [3.63, 3.8) is 0 Å². The van der Waals surface area contributed by atoms with E-state index >= 15 is 0 Å². The molecule has 0 spiro atoms. The molecule has 2 aliphatic heterocycles. The number of morpholine rings is 1. The van der Waals surface area contributed by atoms with Gasteiger partial charge < -0.3 is 24.0 Å². The van der Waals surface area contributed by atoms with E-state index in [4.69, 9.17) is 14.2 Å². The van der Waals surface area contributed by atoms with Crippen molar-refractivity contribution < 1.29 is 23.8 Å². The molecule has 26 heavy (non-hydrogen) atoms. The summed E-state index contributed by atoms with van der Waals surface area (Å²) in [6, 6.07) is 5.61. The Morgan fingerprint density at radius 3 is 2.58 bits per heavy atom. The van der Waals surface area contributed by atoms with Crippen LogP contribution in [0.15, 0.2) is 18.2 Å². The second kappa shape index (κ2) is 8.18. The molecule has 2 atom stereocenters. The lowest BCUT2D eigenvalue weighted by atomic mass is 10.1. The van der Waals surface area contributed by atoms with Crippen LogP contribution in [0.1, 0.15) is 17.9 Å². The third kappa shape index (κ3) is 3.76. The second-order valence-electron chi connectivity index (χ2n) is 6.20. The van der Waals surface area contributed by atoms with Crippen molar-refractivity contribution in [1.82, 2.24) is 9.80 Å². The van der Waals surface area contributed by atoms with Gasteiger partial charge in [0.05, 0.1) is 32.7 Å². The van der Waals surface area contributed by atoms with Crippen LogP contribution in [0.2, 0.25) is 0 Å². The number of hydrogen-bond donors (Lipinski definition) is 0. The summed E-state index contributed by atoms with van der Waals surface area (Å²) in [4.78, 5) is 28.7. The normalized spacial score (nSPS) is 23.3. The number of benzene rings is 1. The van der Waals surface area contributed by atoms with Crippen LogP contribution in [0.25, 0.3) is 0 Å². The van der Waals surface area contributed by atoms with E-state index in [-0.39, 0.29) is 29.0 Å². The first kappa shape index (κ1) is 18.8. The first-order valence-corrected chi connectivity index (χ1v) is 9.52. The molecule has 2 amide bonds. The highest BCUT2D eigenvalue weighted by molar-refractivity contribution is 8.01. The quantitative estimate of drug-likeness (QED) is 0.772. The molecule has 1 aromatic rings. The highest BCUT2D eigenvalue weighted by Crippen LogP contribution is 2.44. The summed E-state index contributed by atoms with van der Waals surface area (Å²) in [6.07, 6.45) is 0. The molecule has 2 unspecified atom stereocenters. The van der Waals surface area contributed by atoms with Crippen LogP contribution in [-0.2, 0) is 14.3 Å². The van der Waals surface area contributed by atoms with E-state index in [0.717, 1.165) is 5.56 Å². The van der Waals surface area contributed by atoms with Crippen LogP contribution in [0, 0.1) is 0 Å². The third-order valence-electron chi connectivity index (χ3n) is 4.61. The number of thioether (sulfide) groups is 1. The van der Waals surface area contributed by atoms with Crippen LogP contribution in [-0.4, -0.2) is 73.9 Å². The number of rotatable bonds is 5. The predicted octanol–water partition coefficient (Wildman–Crippen LogP) is 1.53. The number of hydrogen-bond acceptors (Lipinski definition) is 6. The lowest BCUT2D eigenvalue weighted by Gasteiger charge is -2.30. The highest BCUT2D eigenvalue weighted by atomic mass is 32.2. The molecule has 3 rings (SSSR count). The molecule has 1 aromatic carbocycles. The van der Waals surface area contributed by atoms with Crippen LogP contribution >= 0.6 is 11.8 Å². The van der Waals surface area contributed by atoms with Gasteiger partial charge in [-0.05, 0) is 24.6 Å². The van der Waals surface area contributed by atoms with E-state index in [2.05, 4.69) is 0 Å². The Morgan fingerprint density at radius 2 is 1.92 bits per heavy atom. The monoisotopic (exact) mass is 380 g/mol. The number of carbonyl (C=O) groups excluding carboxylic acids is 2. The van der Waals surface area contributed by atoms with E-state index < -0.39 is 0 Å². The molecule has 142 valence electrons. The van der Waals surface area contributed by atoms with Gasteiger partial charge in [0.1, 0.15) is 11.9 Å². The van der Waals surface area contributed by atoms with Gasteiger partial charge in [-0.15, -0.1) is 11.8 Å². The van der Waals surface area contributed by atoms with Gasteiger partial charge in [-0.2, -0.15) is 0 Å². The molecule has 7 nitrogen and oxygen atoms in total. The summed E-state index contributed by atoms with van der Waals surface area (Å²) >= 11 is 1.54. The summed E-state index contributed by atoms with van der Waals surface area (Å²) in [6.45, 7) is 4.19. The minimum atomic E-state index is -0.220. The molecule has 0 bridgehead atoms. The minimum Gasteiger partial charge on any atom is -0.493 e. The van der Waals surface area contributed by atoms with Crippen molar-refractivity contribution in [2.75, 3.05) is 47.1 Å². The Balaban J connectivity index is 1.80. The van der Waals surface area contributed by atoms with E-state index in [1.807, 2.05) is 25.1 Å². The number of ether oxygens (including phenoxy) is 3. The highest BCUT2D eigenvalue weighted by Gasteiger charge is 2.40. The number of methoxy groups -OCH3 is 2. The first-order chi connectivity index (χ1) is 12.5. The molecule has 0 aliphatic carbocycles. The topological polar surface area (TPSA) is 68.3 Å². The standard InChI is InChI=1S/C18H24N2O5S/c1-12-17(22)20(11-16(21)19-6-8-25-9-7-19)18(26-12)13-4-5-14(23-2)15(10-13)24-3/h4-5,10,12,18H,6-9,11H2,1-3H3. The van der Waals surface area contributed by atoms with Crippen molar-refractivity contribution in [3.05, 3.63) is 23.8 Å². The summed E-state index contributed by atoms with van der Waals surface area (Å²) < 4.78 is 15.9. The fraction of sp³-hybridized carbons (Fsp3) is 0.556. The van der Waals surface area contributed by atoms with Crippen molar-refractivity contribution in [1.29, 1.82) is 0 Å². The zero-order valence-electron chi connectivity index (χ0n) is 15.3. The van der Waals surface area contributed by atoms with E-state index in [0.29, 0.717) is 37.8 Å². The molecule has 0 aromatic heterocycles. The molecule has 8 heteroatoms. The molecule has 0 N–H and O–H groups in total. The maximum absolute atomic E-state index is 12.6. The van der Waals surface area contributed by atoms with Gasteiger partial charge in [0, 0.05) is 13.1 Å². The molecule has 2 fully saturated rings. The Hall–Kier alpha value is -1.93. The predicted molar refractivity (Wildman–Crippen MR) is 98.5 cm³/mol. The van der Waals surface area contributed by atoms with Gasteiger partial charge in [-0.3, -0.25) is 9.59 Å². The fourth-order valence-corrected chi connectivity index (χ4v) is 4.43. The summed E-state index contributed by atoms with van der Waals surface area (Å²) in [5, 5.41) is -0.409. The summed E-state index contributed by atoms with van der Waals surface area (Å²) in [7, 11) is 3.16. The number of amides is 2. The maximum Gasteiger partial charge on any atom is 0.242 e. The molecule has 2 saturated heterocycles. The van der Waals surface area contributed by atoms with Gasteiger partial charge in [0.15, 0.2) is 11.5 Å². The average molecular weight is 380 g/mol. The molecule has 2 heterocycles. The zero-order chi connectivity index (χ0) is 18.7. The van der Waals surface area contributed by atoms with Crippen LogP contribution in [0.3, 0.4) is 0 Å². The Bertz CT molecular complexity index is 678. The third-order valence-corrected chi connectivity index (χ3v) is 6.00. The first-order valence-electron chi connectivity index (χ1n) is 8.58. The minimum absolute atomic E-state index is 0.0172. The van der Waals surface area contributed by atoms with Crippen LogP contribution in [0.4, 0.5) is 0 Å². The fourth-order valence-electron chi connectivity index (χ4n) is 3.16. The second-order valence-corrected chi connectivity index (χ2v) is 7.63. The number of nitrogens with zero attached hydrogens (tertiary/aromatic N) is 2. The van der Waals surface area contributed by atoms with Crippen molar-refractivity contribution in [3.8, 4) is 11.5 Å². The van der Waals surface area contributed by atoms with Crippen molar-refractivity contribution >= 4 is 23.6 Å². The lowest BCUT2D eigenvalue weighted by molar-refractivity contribution is -0.142. The van der Waals surface area contributed by atoms with Crippen molar-refractivity contribution in [2.24, 2.45) is 0 Å². The van der Waals surface area contributed by atoms with E-state index in [1.54, 1.807) is 35.8 Å². The largest absolute Gasteiger partial charge is 0.493 e. The van der Waals surface area contributed by atoms with E-state index in [1.165, 1.54) is 0 Å². The van der Waals surface area contributed by atoms with Gasteiger partial charge in [-0.25, -0.2) is 0 Å². The Morgan fingerprint density at radius 1 is 1.23 bits per heavy atom. The average Bonchev–Trinajstić information content (AvgIpc) is 2.96. The Labute approximate surface area is 157 Å². The van der Waals surface area contributed by atoms with Crippen molar-refractivity contribution in [2.45, 2.75) is 17.5 Å². The maximum atomic E-state index is 12.6. The molecule has 0 radical (unpaired) electrons. The van der Waals surface area contributed by atoms with Crippen LogP contribution < -0.4 is 9.47 Å². The van der Waals surface area contributed by atoms with Crippen LogP contribution in [0.5, 0.6) is 11.5 Å². The lowest BCUT2D eigenvalue weighted by Crippen LogP contribution is -2.46. The summed E-state index contributed by atoms with van der Waals surface area (Å²) in [5.41, 5.74) is 0.917. The zero-order valence-corrected chi connectivity index (χ0v) is 16.1. The van der Waals surface area contributed by atoms with E-state index in [9.17, 15) is 9.59 Å². The molecular weight excluding hydrogens is 356 g/mol. The number of carbonyl (C=O) groups is 2. The SMILES string of the molecule is COc1ccc(C2SC(C)C(=O)N2CC(=O)N2CCOCC2)cc1OC. The van der Waals surface area contributed by atoms with Gasteiger partial charge in [-0.1, -0.05) is 6.07 Å².